The van der Waals surface area contributed by atoms with Gasteiger partial charge in [0.25, 0.3) is 0 Å². The van der Waals surface area contributed by atoms with E-state index in [-0.39, 0.29) is 18.2 Å². The molecule has 0 aliphatic rings. The number of para-hydroxylation sites is 1. The molecule has 3 rings (SSSR count). The number of amides is 1. The van der Waals surface area contributed by atoms with Crippen LogP contribution in [0.15, 0.2) is 78.9 Å². The number of nitrogens with one attached hydrogen (secondary N) is 2. The first kappa shape index (κ1) is 17.4. The lowest BCUT2D eigenvalue weighted by atomic mass is 10.0. The number of hydrogen-bond acceptors (Lipinski definition) is 3. The highest BCUT2D eigenvalue weighted by Gasteiger charge is 2.08. The molecule has 0 heterocycles. The van der Waals surface area contributed by atoms with E-state index in [1.54, 1.807) is 24.3 Å². The molecule has 4 nitrogen and oxygen atoms in total. The van der Waals surface area contributed by atoms with Crippen LogP contribution < -0.4 is 10.6 Å². The van der Waals surface area contributed by atoms with E-state index in [1.165, 1.54) is 6.92 Å². The van der Waals surface area contributed by atoms with E-state index >= 15 is 0 Å². The van der Waals surface area contributed by atoms with Crippen LogP contribution in [0.5, 0.6) is 0 Å². The Kier molecular flexibility index (Phi) is 5.44. The van der Waals surface area contributed by atoms with Crippen LogP contribution in [0.25, 0.3) is 11.1 Å². The van der Waals surface area contributed by atoms with Crippen molar-refractivity contribution in [2.24, 2.45) is 0 Å². The van der Waals surface area contributed by atoms with Gasteiger partial charge >= 0.3 is 0 Å². The second kappa shape index (κ2) is 8.12. The molecule has 0 bridgehead atoms. The first-order valence-corrected chi connectivity index (χ1v) is 8.42. The highest BCUT2D eigenvalue weighted by Crippen LogP contribution is 2.27. The SMILES string of the molecule is CC(=O)c1cccc(NC(=O)CNc2ccccc2-c2ccccc2)c1. The van der Waals surface area contributed by atoms with Crippen molar-refractivity contribution < 1.29 is 9.59 Å². The van der Waals surface area contributed by atoms with Crippen molar-refractivity contribution in [2.45, 2.75) is 6.92 Å². The molecular weight excluding hydrogens is 324 g/mol. The minimum absolute atomic E-state index is 0.0315. The van der Waals surface area contributed by atoms with Crippen molar-refractivity contribution >= 4 is 23.1 Å². The van der Waals surface area contributed by atoms with Crippen molar-refractivity contribution in [2.75, 3.05) is 17.2 Å². The average molecular weight is 344 g/mol. The van der Waals surface area contributed by atoms with Crippen LogP contribution in [0.1, 0.15) is 17.3 Å². The predicted octanol–water partition coefficient (Wildman–Crippen LogP) is 4.61. The van der Waals surface area contributed by atoms with Crippen molar-refractivity contribution in [3.05, 3.63) is 84.4 Å². The Labute approximate surface area is 152 Å². The van der Waals surface area contributed by atoms with Crippen LogP contribution in [0.3, 0.4) is 0 Å². The van der Waals surface area contributed by atoms with Gasteiger partial charge in [0.15, 0.2) is 5.78 Å². The Morgan fingerprint density at radius 1 is 0.846 bits per heavy atom. The molecule has 4 heteroatoms. The molecule has 0 spiro atoms. The molecule has 3 aromatic rings. The van der Waals surface area contributed by atoms with Crippen molar-refractivity contribution in [3.63, 3.8) is 0 Å². The van der Waals surface area contributed by atoms with E-state index < -0.39 is 0 Å². The van der Waals surface area contributed by atoms with Crippen LogP contribution in [-0.2, 0) is 4.79 Å². The number of rotatable bonds is 6. The van der Waals surface area contributed by atoms with E-state index in [1.807, 2.05) is 54.6 Å². The van der Waals surface area contributed by atoms with Crippen LogP contribution in [0, 0.1) is 0 Å². The third kappa shape index (κ3) is 4.36. The number of carbonyl (C=O) groups is 2. The molecule has 0 fully saturated rings. The lowest BCUT2D eigenvalue weighted by Crippen LogP contribution is -2.22. The molecule has 130 valence electrons. The number of benzene rings is 3. The third-order valence-corrected chi connectivity index (χ3v) is 4.00. The third-order valence-electron chi connectivity index (χ3n) is 4.00. The predicted molar refractivity (Wildman–Crippen MR) is 105 cm³/mol. The van der Waals surface area contributed by atoms with Gasteiger partial charge in [-0.1, -0.05) is 60.7 Å². The Morgan fingerprint density at radius 3 is 2.35 bits per heavy atom. The largest absolute Gasteiger partial charge is 0.376 e. The van der Waals surface area contributed by atoms with E-state index in [2.05, 4.69) is 10.6 Å². The fraction of sp³-hybridized carbons (Fsp3) is 0.0909. The van der Waals surface area contributed by atoms with Gasteiger partial charge in [0.2, 0.25) is 5.91 Å². The molecule has 3 aromatic carbocycles. The molecule has 0 aromatic heterocycles. The van der Waals surface area contributed by atoms with Gasteiger partial charge in [-0.3, -0.25) is 9.59 Å². The zero-order valence-corrected chi connectivity index (χ0v) is 14.5. The number of carbonyl (C=O) groups excluding carboxylic acids is 2. The zero-order chi connectivity index (χ0) is 18.4. The summed E-state index contributed by atoms with van der Waals surface area (Å²) >= 11 is 0. The summed E-state index contributed by atoms with van der Waals surface area (Å²) in [4.78, 5) is 23.7. The topological polar surface area (TPSA) is 58.2 Å². The monoisotopic (exact) mass is 344 g/mol. The minimum atomic E-state index is -0.173. The molecule has 0 saturated carbocycles. The average Bonchev–Trinajstić information content (AvgIpc) is 2.67. The highest BCUT2D eigenvalue weighted by molar-refractivity contribution is 5.98. The smallest absolute Gasteiger partial charge is 0.243 e. The van der Waals surface area contributed by atoms with Gasteiger partial charge in [-0.15, -0.1) is 0 Å². The molecule has 0 unspecified atom stereocenters. The van der Waals surface area contributed by atoms with Gasteiger partial charge in [0, 0.05) is 22.5 Å². The van der Waals surface area contributed by atoms with Crippen molar-refractivity contribution in [3.8, 4) is 11.1 Å². The van der Waals surface area contributed by atoms with Gasteiger partial charge in [0.1, 0.15) is 0 Å². The van der Waals surface area contributed by atoms with Crippen molar-refractivity contribution in [1.82, 2.24) is 0 Å². The molecule has 2 N–H and O–H groups in total. The maximum absolute atomic E-state index is 12.3. The Morgan fingerprint density at radius 2 is 1.58 bits per heavy atom. The minimum Gasteiger partial charge on any atom is -0.376 e. The summed E-state index contributed by atoms with van der Waals surface area (Å²) in [6.07, 6.45) is 0. The van der Waals surface area contributed by atoms with Gasteiger partial charge in [-0.05, 0) is 30.7 Å². The molecule has 0 aliphatic carbocycles. The van der Waals surface area contributed by atoms with E-state index in [4.69, 9.17) is 0 Å². The standard InChI is InChI=1S/C22H20N2O2/c1-16(25)18-10-7-11-19(14-18)24-22(26)15-23-21-13-6-5-12-20(21)17-8-3-2-4-9-17/h2-14,23H,15H2,1H3,(H,24,26). The zero-order valence-electron chi connectivity index (χ0n) is 14.5. The second-order valence-corrected chi connectivity index (χ2v) is 5.95. The van der Waals surface area contributed by atoms with Gasteiger partial charge in [-0.2, -0.15) is 0 Å². The van der Waals surface area contributed by atoms with Gasteiger partial charge in [-0.25, -0.2) is 0 Å². The summed E-state index contributed by atoms with van der Waals surface area (Å²) in [5.74, 6) is -0.204. The van der Waals surface area contributed by atoms with E-state index in [9.17, 15) is 9.59 Å². The summed E-state index contributed by atoms with van der Waals surface area (Å²) in [5, 5.41) is 6.00. The molecular formula is C22H20N2O2. The molecule has 0 atom stereocenters. The number of anilines is 2. The number of hydrogen-bond donors (Lipinski definition) is 2. The summed E-state index contributed by atoms with van der Waals surface area (Å²) in [5.41, 5.74) is 4.21. The van der Waals surface area contributed by atoms with Crippen LogP contribution in [-0.4, -0.2) is 18.2 Å². The summed E-state index contributed by atoms with van der Waals surface area (Å²) in [6.45, 7) is 1.64. The van der Waals surface area contributed by atoms with Crippen molar-refractivity contribution in [1.29, 1.82) is 0 Å². The maximum atomic E-state index is 12.3. The van der Waals surface area contributed by atoms with Crippen LogP contribution >= 0.6 is 0 Å². The highest BCUT2D eigenvalue weighted by atomic mass is 16.2. The van der Waals surface area contributed by atoms with Gasteiger partial charge < -0.3 is 10.6 Å². The molecule has 0 radical (unpaired) electrons. The second-order valence-electron chi connectivity index (χ2n) is 5.95. The Balaban J connectivity index is 1.67. The fourth-order valence-corrected chi connectivity index (χ4v) is 2.70. The number of Topliss-reactive ketones (excluding diaryl/α,β-unsaturated/α-hetero) is 1. The summed E-state index contributed by atoms with van der Waals surface area (Å²) in [7, 11) is 0. The van der Waals surface area contributed by atoms with Crippen LogP contribution in [0.2, 0.25) is 0 Å². The summed E-state index contributed by atoms with van der Waals surface area (Å²) < 4.78 is 0. The first-order chi connectivity index (χ1) is 12.6. The maximum Gasteiger partial charge on any atom is 0.243 e. The van der Waals surface area contributed by atoms with Crippen LogP contribution in [0.4, 0.5) is 11.4 Å². The summed E-state index contributed by atoms with van der Waals surface area (Å²) in [6, 6.07) is 24.8. The fourth-order valence-electron chi connectivity index (χ4n) is 2.70. The van der Waals surface area contributed by atoms with E-state index in [0.29, 0.717) is 11.3 Å². The first-order valence-electron chi connectivity index (χ1n) is 8.42. The lowest BCUT2D eigenvalue weighted by molar-refractivity contribution is -0.114. The number of ketones is 1. The molecule has 26 heavy (non-hydrogen) atoms. The molecule has 0 aliphatic heterocycles. The quantitative estimate of drug-likeness (QED) is 0.642. The van der Waals surface area contributed by atoms with E-state index in [0.717, 1.165) is 16.8 Å². The normalized spacial score (nSPS) is 10.2. The van der Waals surface area contributed by atoms with Gasteiger partial charge in [0.05, 0.1) is 6.54 Å². The Bertz CT molecular complexity index is 920. The molecule has 1 amide bonds. The lowest BCUT2D eigenvalue weighted by Gasteiger charge is -2.12. The Hall–Kier alpha value is -3.40. The molecule has 0 saturated heterocycles.